The first-order valence-corrected chi connectivity index (χ1v) is 3.46. The zero-order valence-electron chi connectivity index (χ0n) is 5.99. The molecule has 0 N–H and O–H groups in total. The third-order valence-corrected chi connectivity index (χ3v) is 1.44. The molecule has 0 spiro atoms. The molecule has 0 atom stereocenters. The normalized spacial score (nSPS) is 16.0. The Hall–Kier alpha value is -1.13. The number of hydrogen-bond acceptors (Lipinski definition) is 4. The lowest BCUT2D eigenvalue weighted by Crippen LogP contribution is -2.17. The van der Waals surface area contributed by atoms with Gasteiger partial charge in [-0.2, -0.15) is 0 Å². The monoisotopic (exact) mass is 159 g/mol. The van der Waals surface area contributed by atoms with Gasteiger partial charge in [0.15, 0.2) is 0 Å². The summed E-state index contributed by atoms with van der Waals surface area (Å²) in [6.07, 6.45) is 2.15. The molecule has 5 heteroatoms. The smallest absolute Gasteiger partial charge is 0.378 e. The van der Waals surface area contributed by atoms with Crippen LogP contribution < -0.4 is 0 Å². The minimum Gasteiger partial charge on any atom is -0.461 e. The van der Waals surface area contributed by atoms with E-state index in [1.54, 1.807) is 0 Å². The minimum atomic E-state index is -0.734. The van der Waals surface area contributed by atoms with Crippen molar-refractivity contribution in [2.24, 2.45) is 5.92 Å². The first kappa shape index (κ1) is 7.97. The van der Waals surface area contributed by atoms with E-state index in [0.717, 1.165) is 12.8 Å². The molecule has 1 aliphatic rings. The van der Waals surface area contributed by atoms with Crippen molar-refractivity contribution in [3.63, 3.8) is 0 Å². The Labute approximate surface area is 63.5 Å². The van der Waals surface area contributed by atoms with Crippen LogP contribution in [0.25, 0.3) is 0 Å². The lowest BCUT2D eigenvalue weighted by atomic mass is 10.5. The molecular formula is C6H9NO4. The topological polar surface area (TPSA) is 69.4 Å². The molecule has 0 heterocycles. The van der Waals surface area contributed by atoms with Gasteiger partial charge in [0.2, 0.25) is 0 Å². The van der Waals surface area contributed by atoms with E-state index in [1.807, 2.05) is 0 Å². The van der Waals surface area contributed by atoms with Crippen molar-refractivity contribution in [1.29, 1.82) is 0 Å². The number of carbonyl (C=O) groups is 1. The van der Waals surface area contributed by atoms with Gasteiger partial charge in [0.25, 0.3) is 6.54 Å². The van der Waals surface area contributed by atoms with Crippen LogP contribution in [0.4, 0.5) is 0 Å². The summed E-state index contributed by atoms with van der Waals surface area (Å²) in [6.45, 7) is -0.362. The molecule has 0 aromatic heterocycles. The lowest BCUT2D eigenvalue weighted by Gasteiger charge is -1.98. The highest BCUT2D eigenvalue weighted by Gasteiger charge is 2.23. The van der Waals surface area contributed by atoms with Gasteiger partial charge in [0.1, 0.15) is 0 Å². The summed E-state index contributed by atoms with van der Waals surface area (Å²) in [6, 6.07) is 0. The van der Waals surface area contributed by atoms with Gasteiger partial charge < -0.3 is 4.74 Å². The Morgan fingerprint density at radius 1 is 1.64 bits per heavy atom. The molecule has 1 fully saturated rings. The first-order valence-electron chi connectivity index (χ1n) is 3.46. The van der Waals surface area contributed by atoms with E-state index in [9.17, 15) is 14.9 Å². The SMILES string of the molecule is O=C(C[N+](=O)[O-])OCC1CC1. The van der Waals surface area contributed by atoms with E-state index < -0.39 is 17.4 Å². The van der Waals surface area contributed by atoms with Crippen molar-refractivity contribution < 1.29 is 14.5 Å². The van der Waals surface area contributed by atoms with Crippen LogP contribution in [0.5, 0.6) is 0 Å². The zero-order chi connectivity index (χ0) is 8.27. The molecule has 11 heavy (non-hydrogen) atoms. The molecule has 0 bridgehead atoms. The number of hydrogen-bond donors (Lipinski definition) is 0. The van der Waals surface area contributed by atoms with Crippen LogP contribution in [-0.4, -0.2) is 24.0 Å². The van der Waals surface area contributed by atoms with Crippen molar-refractivity contribution in [1.82, 2.24) is 0 Å². The van der Waals surface area contributed by atoms with E-state index in [4.69, 9.17) is 0 Å². The predicted octanol–water partition coefficient (Wildman–Crippen LogP) is 0.216. The molecule has 5 nitrogen and oxygen atoms in total. The Kier molecular flexibility index (Phi) is 2.40. The molecule has 1 saturated carbocycles. The predicted molar refractivity (Wildman–Crippen MR) is 35.5 cm³/mol. The van der Waals surface area contributed by atoms with Gasteiger partial charge in [0, 0.05) is 4.92 Å². The molecule has 0 amide bonds. The van der Waals surface area contributed by atoms with Crippen molar-refractivity contribution in [2.75, 3.05) is 13.2 Å². The zero-order valence-corrected chi connectivity index (χ0v) is 5.99. The maximum atomic E-state index is 10.5. The Morgan fingerprint density at radius 2 is 2.27 bits per heavy atom. The molecule has 0 aliphatic heterocycles. The Bertz CT molecular complexity index is 175. The Morgan fingerprint density at radius 3 is 2.73 bits per heavy atom. The second-order valence-corrected chi connectivity index (χ2v) is 2.62. The van der Waals surface area contributed by atoms with Crippen molar-refractivity contribution in [3.05, 3.63) is 10.1 Å². The van der Waals surface area contributed by atoms with Gasteiger partial charge in [0.05, 0.1) is 6.61 Å². The molecule has 62 valence electrons. The molecule has 0 saturated heterocycles. The maximum Gasteiger partial charge on any atom is 0.378 e. The molecular weight excluding hydrogens is 150 g/mol. The summed E-state index contributed by atoms with van der Waals surface area (Å²) >= 11 is 0. The second kappa shape index (κ2) is 3.32. The first-order chi connectivity index (χ1) is 5.18. The number of nitro groups is 1. The van der Waals surface area contributed by atoms with Crippen molar-refractivity contribution in [2.45, 2.75) is 12.8 Å². The average Bonchev–Trinajstić information content (AvgIpc) is 2.63. The fourth-order valence-electron chi connectivity index (χ4n) is 0.646. The van der Waals surface area contributed by atoms with Crippen molar-refractivity contribution >= 4 is 5.97 Å². The summed E-state index contributed by atoms with van der Waals surface area (Å²) in [7, 11) is 0. The van der Waals surface area contributed by atoms with Crippen LogP contribution in [0.1, 0.15) is 12.8 Å². The average molecular weight is 159 g/mol. The fraction of sp³-hybridized carbons (Fsp3) is 0.833. The molecule has 0 radical (unpaired) electrons. The highest BCUT2D eigenvalue weighted by atomic mass is 16.6. The van der Waals surface area contributed by atoms with E-state index in [-0.39, 0.29) is 0 Å². The summed E-state index contributed by atoms with van der Waals surface area (Å²) in [5, 5.41) is 9.77. The van der Waals surface area contributed by atoms with Gasteiger partial charge in [-0.1, -0.05) is 0 Å². The quantitative estimate of drug-likeness (QED) is 0.334. The van der Waals surface area contributed by atoms with Crippen LogP contribution >= 0.6 is 0 Å². The number of nitrogens with zero attached hydrogens (tertiary/aromatic N) is 1. The number of esters is 1. The van der Waals surface area contributed by atoms with Crippen LogP contribution in [0.3, 0.4) is 0 Å². The second-order valence-electron chi connectivity index (χ2n) is 2.62. The fourth-order valence-corrected chi connectivity index (χ4v) is 0.646. The third kappa shape index (κ3) is 3.54. The lowest BCUT2D eigenvalue weighted by molar-refractivity contribution is -0.470. The molecule has 0 unspecified atom stereocenters. The van der Waals surface area contributed by atoms with Gasteiger partial charge in [-0.15, -0.1) is 0 Å². The van der Waals surface area contributed by atoms with Gasteiger partial charge >= 0.3 is 5.97 Å². The Balaban J connectivity index is 2.04. The van der Waals surface area contributed by atoms with Crippen LogP contribution in [0.15, 0.2) is 0 Å². The summed E-state index contributed by atoms with van der Waals surface area (Å²) in [5.41, 5.74) is 0. The number of rotatable bonds is 4. The summed E-state index contributed by atoms with van der Waals surface area (Å²) in [4.78, 5) is 19.6. The van der Waals surface area contributed by atoms with Crippen LogP contribution in [-0.2, 0) is 9.53 Å². The van der Waals surface area contributed by atoms with E-state index in [2.05, 4.69) is 4.74 Å². The van der Waals surface area contributed by atoms with Crippen LogP contribution in [0.2, 0.25) is 0 Å². The molecule has 1 rings (SSSR count). The summed E-state index contributed by atoms with van der Waals surface area (Å²) in [5.74, 6) is -0.271. The van der Waals surface area contributed by atoms with Crippen LogP contribution in [0, 0.1) is 16.0 Å². The van der Waals surface area contributed by atoms with Gasteiger partial charge in [-0.3, -0.25) is 10.1 Å². The van der Waals surface area contributed by atoms with Crippen molar-refractivity contribution in [3.8, 4) is 0 Å². The standard InChI is InChI=1S/C6H9NO4/c8-6(3-7(9)10)11-4-5-1-2-5/h5H,1-4H2. The van der Waals surface area contributed by atoms with Gasteiger partial charge in [-0.05, 0) is 18.8 Å². The highest BCUT2D eigenvalue weighted by Crippen LogP contribution is 2.28. The van der Waals surface area contributed by atoms with E-state index >= 15 is 0 Å². The third-order valence-electron chi connectivity index (χ3n) is 1.44. The maximum absolute atomic E-state index is 10.5. The molecule has 0 aromatic rings. The highest BCUT2D eigenvalue weighted by molar-refractivity contribution is 5.70. The minimum absolute atomic E-state index is 0.354. The van der Waals surface area contributed by atoms with E-state index in [1.165, 1.54) is 0 Å². The number of carbonyl (C=O) groups excluding carboxylic acids is 1. The van der Waals surface area contributed by atoms with Gasteiger partial charge in [-0.25, -0.2) is 4.79 Å². The van der Waals surface area contributed by atoms with E-state index in [0.29, 0.717) is 12.5 Å². The number of ether oxygens (including phenoxy) is 1. The molecule has 1 aliphatic carbocycles. The molecule has 0 aromatic carbocycles. The summed E-state index contributed by atoms with van der Waals surface area (Å²) < 4.78 is 4.60. The largest absolute Gasteiger partial charge is 0.461 e.